The van der Waals surface area contributed by atoms with Crippen LogP contribution in [-0.4, -0.2) is 29.5 Å². The smallest absolute Gasteiger partial charge is 0.191 e. The van der Waals surface area contributed by atoms with Crippen molar-refractivity contribution >= 4 is 28.9 Å². The molecule has 2 aromatic heterocycles. The van der Waals surface area contributed by atoms with Gasteiger partial charge in [-0.3, -0.25) is 4.99 Å². The fourth-order valence-corrected chi connectivity index (χ4v) is 3.25. The lowest BCUT2D eigenvalue weighted by molar-refractivity contribution is 0.790. The van der Waals surface area contributed by atoms with Gasteiger partial charge in [-0.1, -0.05) is 48.0 Å². The number of thiazole rings is 1. The van der Waals surface area contributed by atoms with Crippen molar-refractivity contribution in [1.82, 2.24) is 20.6 Å². The molecular formula is C19H20ClN5S. The molecule has 0 unspecified atom stereocenters. The van der Waals surface area contributed by atoms with Gasteiger partial charge in [0.05, 0.1) is 12.2 Å². The van der Waals surface area contributed by atoms with E-state index >= 15 is 0 Å². The Kier molecular flexibility index (Phi) is 6.57. The Balaban J connectivity index is 1.47. The van der Waals surface area contributed by atoms with E-state index in [1.54, 1.807) is 30.6 Å². The first kappa shape index (κ1) is 18.4. The van der Waals surface area contributed by atoms with Gasteiger partial charge >= 0.3 is 0 Å². The monoisotopic (exact) mass is 385 g/mol. The molecule has 0 fully saturated rings. The molecule has 0 aliphatic rings. The summed E-state index contributed by atoms with van der Waals surface area (Å²) in [7, 11) is 1.76. The number of aliphatic imine (C=N–C) groups is 1. The number of halogens is 1. The van der Waals surface area contributed by atoms with Crippen molar-refractivity contribution in [3.05, 3.63) is 69.8 Å². The number of pyridine rings is 1. The number of nitrogens with one attached hydrogen (secondary N) is 2. The van der Waals surface area contributed by atoms with E-state index in [2.05, 4.69) is 43.1 Å². The summed E-state index contributed by atoms with van der Waals surface area (Å²) in [5.41, 5.74) is 3.27. The maximum absolute atomic E-state index is 5.80. The highest BCUT2D eigenvalue weighted by molar-refractivity contribution is 7.09. The molecule has 7 heteroatoms. The summed E-state index contributed by atoms with van der Waals surface area (Å²) in [6, 6.07) is 14.0. The number of guanidine groups is 1. The first-order valence-corrected chi connectivity index (χ1v) is 9.55. The lowest BCUT2D eigenvalue weighted by Gasteiger charge is -2.10. The molecular weight excluding hydrogens is 366 g/mol. The molecule has 1 aromatic carbocycles. The van der Waals surface area contributed by atoms with Crippen LogP contribution in [0.5, 0.6) is 0 Å². The van der Waals surface area contributed by atoms with Gasteiger partial charge in [-0.25, -0.2) is 9.97 Å². The van der Waals surface area contributed by atoms with Crippen LogP contribution in [0.25, 0.3) is 11.3 Å². The molecule has 0 radical (unpaired) electrons. The molecule has 2 N–H and O–H groups in total. The Morgan fingerprint density at radius 1 is 1.15 bits per heavy atom. The fraction of sp³-hybridized carbons (Fsp3) is 0.211. The third-order valence-electron chi connectivity index (χ3n) is 3.75. The minimum atomic E-state index is 0.512. The van der Waals surface area contributed by atoms with Crippen LogP contribution in [0, 0.1) is 0 Å². The molecule has 0 bridgehead atoms. The molecule has 0 spiro atoms. The molecule has 2 heterocycles. The summed E-state index contributed by atoms with van der Waals surface area (Å²) in [6.45, 7) is 1.40. The molecule has 5 nitrogen and oxygen atoms in total. The van der Waals surface area contributed by atoms with E-state index in [0.717, 1.165) is 40.8 Å². The normalized spacial score (nSPS) is 11.4. The SMILES string of the molecule is CN=C(NCCc1ccc(Cl)nc1)NCc1nc(-c2ccccc2)cs1. The van der Waals surface area contributed by atoms with Crippen LogP contribution in [0.4, 0.5) is 0 Å². The van der Waals surface area contributed by atoms with Crippen molar-refractivity contribution in [2.45, 2.75) is 13.0 Å². The van der Waals surface area contributed by atoms with Crippen LogP contribution in [0.1, 0.15) is 10.6 Å². The average molecular weight is 386 g/mol. The van der Waals surface area contributed by atoms with Crippen LogP contribution >= 0.6 is 22.9 Å². The Hall–Kier alpha value is -2.44. The van der Waals surface area contributed by atoms with Crippen molar-refractivity contribution < 1.29 is 0 Å². The quantitative estimate of drug-likeness (QED) is 0.385. The molecule has 3 rings (SSSR count). The Bertz CT molecular complexity index is 846. The van der Waals surface area contributed by atoms with Gasteiger partial charge in [-0.05, 0) is 18.1 Å². The zero-order valence-electron chi connectivity index (χ0n) is 14.4. The second-order valence-electron chi connectivity index (χ2n) is 5.58. The summed E-state index contributed by atoms with van der Waals surface area (Å²) < 4.78 is 0. The van der Waals surface area contributed by atoms with Gasteiger partial charge in [-0.15, -0.1) is 11.3 Å². The topological polar surface area (TPSA) is 62.2 Å². The van der Waals surface area contributed by atoms with Gasteiger partial charge in [-0.2, -0.15) is 0 Å². The Morgan fingerprint density at radius 3 is 2.73 bits per heavy atom. The summed E-state index contributed by atoms with van der Waals surface area (Å²) in [6.07, 6.45) is 2.64. The van der Waals surface area contributed by atoms with E-state index in [4.69, 9.17) is 11.6 Å². The van der Waals surface area contributed by atoms with E-state index < -0.39 is 0 Å². The van der Waals surface area contributed by atoms with Crippen LogP contribution < -0.4 is 10.6 Å². The molecule has 134 valence electrons. The van der Waals surface area contributed by atoms with E-state index in [0.29, 0.717) is 11.7 Å². The standard InChI is InChI=1S/C19H20ClN5S/c1-21-19(22-10-9-14-7-8-17(20)23-11-14)24-12-18-25-16(13-26-18)15-5-3-2-4-6-15/h2-8,11,13H,9-10,12H2,1H3,(H2,21,22,24). The fourth-order valence-electron chi connectivity index (χ4n) is 2.39. The van der Waals surface area contributed by atoms with Gasteiger partial charge in [0.2, 0.25) is 0 Å². The number of rotatable bonds is 6. The molecule has 0 aliphatic heterocycles. The predicted octanol–water partition coefficient (Wildman–Crippen LogP) is 3.77. The highest BCUT2D eigenvalue weighted by Crippen LogP contribution is 2.21. The van der Waals surface area contributed by atoms with Crippen LogP contribution in [0.15, 0.2) is 59.0 Å². The van der Waals surface area contributed by atoms with E-state index in [-0.39, 0.29) is 0 Å². The molecule has 0 amide bonds. The summed E-state index contributed by atoms with van der Waals surface area (Å²) in [5, 5.41) is 10.2. The predicted molar refractivity (Wildman–Crippen MR) is 109 cm³/mol. The number of benzene rings is 1. The highest BCUT2D eigenvalue weighted by atomic mass is 35.5. The molecule has 26 heavy (non-hydrogen) atoms. The lowest BCUT2D eigenvalue weighted by Crippen LogP contribution is -2.37. The molecule has 0 saturated carbocycles. The zero-order chi connectivity index (χ0) is 18.2. The first-order valence-electron chi connectivity index (χ1n) is 8.29. The Morgan fingerprint density at radius 2 is 2.00 bits per heavy atom. The summed E-state index contributed by atoms with van der Waals surface area (Å²) in [5.74, 6) is 0.753. The number of hydrogen-bond acceptors (Lipinski definition) is 4. The molecule has 0 atom stereocenters. The number of hydrogen-bond donors (Lipinski definition) is 2. The first-order chi connectivity index (χ1) is 12.7. The maximum atomic E-state index is 5.80. The average Bonchev–Trinajstić information content (AvgIpc) is 3.16. The van der Waals surface area contributed by atoms with Crippen LogP contribution in [0.2, 0.25) is 5.15 Å². The van der Waals surface area contributed by atoms with Crippen molar-refractivity contribution in [2.75, 3.05) is 13.6 Å². The van der Waals surface area contributed by atoms with E-state index in [1.807, 2.05) is 24.3 Å². The summed E-state index contributed by atoms with van der Waals surface area (Å²) in [4.78, 5) is 13.0. The largest absolute Gasteiger partial charge is 0.356 e. The van der Waals surface area contributed by atoms with Gasteiger partial charge in [0, 0.05) is 30.7 Å². The van der Waals surface area contributed by atoms with Gasteiger partial charge in [0.15, 0.2) is 5.96 Å². The second kappa shape index (κ2) is 9.31. The van der Waals surface area contributed by atoms with Crippen molar-refractivity contribution in [3.8, 4) is 11.3 Å². The van der Waals surface area contributed by atoms with Gasteiger partial charge in [0.1, 0.15) is 10.2 Å². The number of nitrogens with zero attached hydrogens (tertiary/aromatic N) is 3. The summed E-state index contributed by atoms with van der Waals surface area (Å²) >= 11 is 7.44. The lowest BCUT2D eigenvalue weighted by atomic mass is 10.2. The third kappa shape index (κ3) is 5.28. The van der Waals surface area contributed by atoms with Crippen molar-refractivity contribution in [1.29, 1.82) is 0 Å². The Labute approximate surface area is 162 Å². The van der Waals surface area contributed by atoms with Crippen molar-refractivity contribution in [2.24, 2.45) is 4.99 Å². The molecule has 0 aliphatic carbocycles. The van der Waals surface area contributed by atoms with E-state index in [9.17, 15) is 0 Å². The highest BCUT2D eigenvalue weighted by Gasteiger charge is 2.05. The van der Waals surface area contributed by atoms with Gasteiger partial charge < -0.3 is 10.6 Å². The van der Waals surface area contributed by atoms with E-state index in [1.165, 1.54) is 0 Å². The third-order valence-corrected chi connectivity index (χ3v) is 4.82. The maximum Gasteiger partial charge on any atom is 0.191 e. The molecule has 0 saturated heterocycles. The number of aromatic nitrogens is 2. The minimum Gasteiger partial charge on any atom is -0.356 e. The van der Waals surface area contributed by atoms with Gasteiger partial charge in [0.25, 0.3) is 0 Å². The minimum absolute atomic E-state index is 0.512. The van der Waals surface area contributed by atoms with Crippen LogP contribution in [-0.2, 0) is 13.0 Å². The second-order valence-corrected chi connectivity index (χ2v) is 6.91. The van der Waals surface area contributed by atoms with Crippen LogP contribution in [0.3, 0.4) is 0 Å². The molecule has 3 aromatic rings. The zero-order valence-corrected chi connectivity index (χ0v) is 16.0. The van der Waals surface area contributed by atoms with Crippen molar-refractivity contribution in [3.63, 3.8) is 0 Å².